The molecule has 10 nitrogen and oxygen atoms in total. The van der Waals surface area contributed by atoms with E-state index in [1.54, 1.807) is 24.2 Å². The molecule has 0 radical (unpaired) electrons. The standard InChI is InChI=1S/C14H19N5O.C9H10F3N3O/c1-16-14(20)4-5-18-6-8-19(9-7-18)13-3-2-12(10-15)11-17-13;10-9(11,12)7-6(5-13-14-8(7)16)15-3-1-2-4-15/h2-3,11H,4-9H2,1H3,(H,16,20);5H,1-4H2,(H,14,16). The Morgan fingerprint density at radius 3 is 2.36 bits per heavy atom. The first-order valence-corrected chi connectivity index (χ1v) is 11.7. The van der Waals surface area contributed by atoms with Crippen LogP contribution in [0, 0.1) is 11.3 Å². The zero-order valence-electron chi connectivity index (χ0n) is 20.0. The van der Waals surface area contributed by atoms with E-state index >= 15 is 0 Å². The number of pyridine rings is 1. The van der Waals surface area contributed by atoms with Gasteiger partial charge in [0.2, 0.25) is 5.91 Å². The molecule has 2 aromatic heterocycles. The Kier molecular flexibility index (Phi) is 9.24. The van der Waals surface area contributed by atoms with E-state index < -0.39 is 17.3 Å². The Balaban J connectivity index is 0.000000205. The average molecular weight is 507 g/mol. The highest BCUT2D eigenvalue weighted by Crippen LogP contribution is 2.34. The molecular weight excluding hydrogens is 477 g/mol. The van der Waals surface area contributed by atoms with Gasteiger partial charge in [-0.1, -0.05) is 0 Å². The average Bonchev–Trinajstić information content (AvgIpc) is 3.42. The molecule has 194 valence electrons. The number of halogens is 3. The predicted octanol–water partition coefficient (Wildman–Crippen LogP) is 1.60. The molecule has 2 fully saturated rings. The van der Waals surface area contributed by atoms with Crippen LogP contribution < -0.4 is 20.7 Å². The maximum Gasteiger partial charge on any atom is 0.423 e. The minimum absolute atomic E-state index is 0.0844. The normalized spacial score (nSPS) is 16.2. The van der Waals surface area contributed by atoms with Crippen molar-refractivity contribution >= 4 is 17.4 Å². The number of rotatable bonds is 5. The van der Waals surface area contributed by atoms with Crippen LogP contribution in [0.1, 0.15) is 30.4 Å². The summed E-state index contributed by atoms with van der Waals surface area (Å²) in [5.41, 5.74) is -1.87. The van der Waals surface area contributed by atoms with Gasteiger partial charge in [0.1, 0.15) is 17.5 Å². The Hall–Kier alpha value is -3.66. The minimum Gasteiger partial charge on any atom is -0.370 e. The lowest BCUT2D eigenvalue weighted by molar-refractivity contribution is -0.138. The number of H-pyrrole nitrogens is 1. The summed E-state index contributed by atoms with van der Waals surface area (Å²) >= 11 is 0. The fourth-order valence-electron chi connectivity index (χ4n) is 4.09. The van der Waals surface area contributed by atoms with Crippen molar-refractivity contribution in [1.29, 1.82) is 5.26 Å². The van der Waals surface area contributed by atoms with Gasteiger partial charge in [-0.3, -0.25) is 14.5 Å². The maximum absolute atomic E-state index is 12.7. The number of piperazine rings is 1. The molecule has 0 bridgehead atoms. The van der Waals surface area contributed by atoms with Gasteiger partial charge < -0.3 is 15.1 Å². The van der Waals surface area contributed by atoms with Gasteiger partial charge in [0.15, 0.2) is 0 Å². The van der Waals surface area contributed by atoms with Crippen LogP contribution in [-0.2, 0) is 11.0 Å². The first-order chi connectivity index (χ1) is 17.2. The van der Waals surface area contributed by atoms with Gasteiger partial charge in [0.25, 0.3) is 5.56 Å². The van der Waals surface area contributed by atoms with Gasteiger partial charge in [-0.15, -0.1) is 0 Å². The van der Waals surface area contributed by atoms with Gasteiger partial charge in [-0.05, 0) is 25.0 Å². The molecule has 0 unspecified atom stereocenters. The van der Waals surface area contributed by atoms with E-state index in [-0.39, 0.29) is 11.6 Å². The Morgan fingerprint density at radius 1 is 1.11 bits per heavy atom. The number of aromatic nitrogens is 3. The molecule has 0 aromatic carbocycles. The highest BCUT2D eigenvalue weighted by atomic mass is 19.4. The summed E-state index contributed by atoms with van der Waals surface area (Å²) in [4.78, 5) is 32.7. The summed E-state index contributed by atoms with van der Waals surface area (Å²) in [6.45, 7) is 5.52. The van der Waals surface area contributed by atoms with Crippen molar-refractivity contribution in [3.05, 3.63) is 46.0 Å². The molecule has 0 aliphatic carbocycles. The fourth-order valence-corrected chi connectivity index (χ4v) is 4.09. The van der Waals surface area contributed by atoms with Crippen LogP contribution in [-0.4, -0.2) is 78.8 Å². The monoisotopic (exact) mass is 506 g/mol. The number of amides is 1. The Bertz CT molecular complexity index is 1100. The number of hydrogen-bond acceptors (Lipinski definition) is 8. The molecule has 4 rings (SSSR count). The number of nitrogens with one attached hydrogen (secondary N) is 2. The number of anilines is 2. The number of hydrogen-bond donors (Lipinski definition) is 2. The first-order valence-electron chi connectivity index (χ1n) is 11.7. The van der Waals surface area contributed by atoms with E-state index in [9.17, 15) is 22.8 Å². The molecule has 13 heteroatoms. The third-order valence-corrected chi connectivity index (χ3v) is 6.07. The second-order valence-corrected chi connectivity index (χ2v) is 8.42. The Morgan fingerprint density at radius 2 is 1.81 bits per heavy atom. The van der Waals surface area contributed by atoms with Gasteiger partial charge >= 0.3 is 6.18 Å². The lowest BCUT2D eigenvalue weighted by atomic mass is 10.2. The van der Waals surface area contributed by atoms with Crippen LogP contribution in [0.15, 0.2) is 29.3 Å². The van der Waals surface area contributed by atoms with Crippen LogP contribution >= 0.6 is 0 Å². The molecule has 0 saturated carbocycles. The molecule has 4 heterocycles. The summed E-state index contributed by atoms with van der Waals surface area (Å²) < 4.78 is 38.1. The van der Waals surface area contributed by atoms with Crippen LogP contribution in [0.3, 0.4) is 0 Å². The van der Waals surface area contributed by atoms with E-state index in [2.05, 4.69) is 31.3 Å². The van der Waals surface area contributed by atoms with Crippen molar-refractivity contribution < 1.29 is 18.0 Å². The second-order valence-electron chi connectivity index (χ2n) is 8.42. The quantitative estimate of drug-likeness (QED) is 0.628. The molecule has 2 N–H and O–H groups in total. The smallest absolute Gasteiger partial charge is 0.370 e. The second kappa shape index (κ2) is 12.3. The van der Waals surface area contributed by atoms with Crippen LogP contribution in [0.5, 0.6) is 0 Å². The minimum atomic E-state index is -4.64. The molecule has 0 atom stereocenters. The van der Waals surface area contributed by atoms with Crippen molar-refractivity contribution in [3.8, 4) is 6.07 Å². The zero-order valence-corrected chi connectivity index (χ0v) is 20.0. The van der Waals surface area contributed by atoms with Crippen molar-refractivity contribution in [3.63, 3.8) is 0 Å². The molecule has 36 heavy (non-hydrogen) atoms. The highest BCUT2D eigenvalue weighted by molar-refractivity contribution is 5.75. The van der Waals surface area contributed by atoms with Gasteiger partial charge in [0.05, 0.1) is 17.4 Å². The van der Waals surface area contributed by atoms with Crippen LogP contribution in [0.2, 0.25) is 0 Å². The van der Waals surface area contributed by atoms with Crippen molar-refractivity contribution in [2.24, 2.45) is 0 Å². The lowest BCUT2D eigenvalue weighted by Gasteiger charge is -2.35. The molecule has 0 spiro atoms. The molecule has 2 aliphatic rings. The van der Waals surface area contributed by atoms with E-state index in [0.29, 0.717) is 25.1 Å². The number of carbonyl (C=O) groups excluding carboxylic acids is 1. The van der Waals surface area contributed by atoms with E-state index in [1.807, 2.05) is 11.2 Å². The van der Waals surface area contributed by atoms with Crippen molar-refractivity contribution in [2.75, 3.05) is 62.7 Å². The third-order valence-electron chi connectivity index (χ3n) is 6.07. The van der Waals surface area contributed by atoms with Gasteiger partial charge in [0, 0.05) is 65.5 Å². The van der Waals surface area contributed by atoms with E-state index in [4.69, 9.17) is 5.26 Å². The van der Waals surface area contributed by atoms with E-state index in [1.165, 1.54) is 0 Å². The maximum atomic E-state index is 12.7. The number of aromatic amines is 1. The first kappa shape index (κ1) is 26.9. The summed E-state index contributed by atoms with van der Waals surface area (Å²) in [7, 11) is 1.66. The molecule has 1 amide bonds. The summed E-state index contributed by atoms with van der Waals surface area (Å²) in [6, 6.07) is 5.75. The number of nitriles is 1. The highest BCUT2D eigenvalue weighted by Gasteiger charge is 2.39. The Labute approximate surface area is 206 Å². The SMILES string of the molecule is CNC(=O)CCN1CCN(c2ccc(C#N)cn2)CC1.O=c1[nH]ncc(N2CCCC2)c1C(F)(F)F. The zero-order chi connectivity index (χ0) is 26.1. The summed E-state index contributed by atoms with van der Waals surface area (Å²) in [5.74, 6) is 0.996. The van der Waals surface area contributed by atoms with Crippen molar-refractivity contribution in [2.45, 2.75) is 25.4 Å². The molecule has 2 saturated heterocycles. The van der Waals surface area contributed by atoms with Gasteiger partial charge in [-0.2, -0.15) is 23.5 Å². The van der Waals surface area contributed by atoms with Gasteiger partial charge in [-0.25, -0.2) is 10.1 Å². The molecular formula is C23H29F3N8O2. The topological polar surface area (TPSA) is 121 Å². The third kappa shape index (κ3) is 7.17. The fraction of sp³-hybridized carbons (Fsp3) is 0.522. The molecule has 2 aromatic rings. The largest absolute Gasteiger partial charge is 0.423 e. The molecule has 2 aliphatic heterocycles. The lowest BCUT2D eigenvalue weighted by Crippen LogP contribution is -2.47. The van der Waals surface area contributed by atoms with E-state index in [0.717, 1.165) is 57.6 Å². The van der Waals surface area contributed by atoms with Crippen LogP contribution in [0.4, 0.5) is 24.7 Å². The predicted molar refractivity (Wildman–Crippen MR) is 128 cm³/mol. The number of carbonyl (C=O) groups is 1. The van der Waals surface area contributed by atoms with Crippen LogP contribution in [0.25, 0.3) is 0 Å². The number of alkyl halides is 3. The van der Waals surface area contributed by atoms with Crippen molar-refractivity contribution in [1.82, 2.24) is 25.4 Å². The summed E-state index contributed by atoms with van der Waals surface area (Å²) in [5, 5.41) is 16.6. The summed E-state index contributed by atoms with van der Waals surface area (Å²) in [6.07, 6.45) is 0.247. The number of nitrogens with zero attached hydrogens (tertiary/aromatic N) is 6.